The molecule has 12 N–H and O–H groups in total. The molecule has 0 spiro atoms. The molecule has 10 heteroatoms. The predicted octanol–water partition coefficient (Wildman–Crippen LogP) is -4.48. The van der Waals surface area contributed by atoms with Crippen LogP contribution in [0.25, 0.3) is 0 Å². The largest absolute Gasteiger partial charge is 0.870 e. The molecule has 7 nitrogen and oxygen atoms in total. The van der Waals surface area contributed by atoms with Crippen LogP contribution >= 0.6 is 0 Å². The standard InChI is InChI=1S/7H2O.3Ti/h7*1H2;;;/p-2. The quantitative estimate of drug-likeness (QED) is 0.396. The van der Waals surface area contributed by atoms with Gasteiger partial charge in [0.05, 0.1) is 0 Å². The molecule has 68 valence electrons. The molecule has 0 aromatic carbocycles. The first-order valence-electron chi connectivity index (χ1n) is 0. The molecule has 0 amide bonds. The molecule has 0 radical (unpaired) electrons. The molecule has 0 aliphatic rings. The zero-order chi connectivity index (χ0) is 0. The van der Waals surface area contributed by atoms with Crippen LogP contribution in [0.15, 0.2) is 0 Å². The summed E-state index contributed by atoms with van der Waals surface area (Å²) in [6.45, 7) is 0. The molecule has 0 saturated carbocycles. The second kappa shape index (κ2) is 305. The summed E-state index contributed by atoms with van der Waals surface area (Å²) in [5.74, 6) is 0. The van der Waals surface area contributed by atoms with Crippen molar-refractivity contribution < 1.29 is 103 Å². The minimum absolute atomic E-state index is 0. The Labute approximate surface area is 103 Å². The van der Waals surface area contributed by atoms with Gasteiger partial charge in [0.2, 0.25) is 0 Å². The van der Waals surface area contributed by atoms with Crippen molar-refractivity contribution in [1.29, 1.82) is 0 Å². The maximum atomic E-state index is 0. The second-order valence-electron chi connectivity index (χ2n) is 0. The first-order valence-corrected chi connectivity index (χ1v) is 0. The molecule has 0 unspecified atom stereocenters. The minimum Gasteiger partial charge on any atom is -0.870 e. The van der Waals surface area contributed by atoms with Gasteiger partial charge in [0, 0.05) is 65.2 Å². The van der Waals surface area contributed by atoms with E-state index in [0.717, 1.165) is 0 Å². The van der Waals surface area contributed by atoms with Crippen LogP contribution in [-0.4, -0.2) is 38.3 Å². The van der Waals surface area contributed by atoms with Crippen molar-refractivity contribution in [2.75, 3.05) is 0 Å². The fourth-order valence-electron chi connectivity index (χ4n) is 0. The van der Waals surface area contributed by atoms with Crippen molar-refractivity contribution in [2.45, 2.75) is 0 Å². The van der Waals surface area contributed by atoms with Crippen molar-refractivity contribution in [3.8, 4) is 0 Å². The minimum atomic E-state index is 0. The molecule has 0 bridgehead atoms. The summed E-state index contributed by atoms with van der Waals surface area (Å²) in [4.78, 5) is 0. The van der Waals surface area contributed by atoms with Gasteiger partial charge in [-0.1, -0.05) is 0 Å². The molecule has 0 aliphatic carbocycles. The van der Waals surface area contributed by atoms with Gasteiger partial charge < -0.3 is 38.3 Å². The van der Waals surface area contributed by atoms with Crippen LogP contribution in [0.1, 0.15) is 0 Å². The summed E-state index contributed by atoms with van der Waals surface area (Å²) >= 11 is 0. The van der Waals surface area contributed by atoms with Gasteiger partial charge in [-0.15, -0.1) is 0 Å². The van der Waals surface area contributed by atoms with Crippen molar-refractivity contribution in [2.24, 2.45) is 0 Å². The number of hydrogen-bond acceptors (Lipinski definition) is 2. The normalized spacial score (nSPS) is 0. The van der Waals surface area contributed by atoms with Gasteiger partial charge >= 0.3 is 0 Å². The van der Waals surface area contributed by atoms with E-state index in [2.05, 4.69) is 0 Å². The fraction of sp³-hybridized carbons (Fsp3) is 0. The molecular weight excluding hydrogens is 256 g/mol. The Morgan fingerprint density at radius 3 is 0.300 bits per heavy atom. The van der Waals surface area contributed by atoms with E-state index in [4.69, 9.17) is 0 Å². The molecule has 0 aliphatic heterocycles. The summed E-state index contributed by atoms with van der Waals surface area (Å²) in [6, 6.07) is 0. The van der Waals surface area contributed by atoms with Crippen LogP contribution in [0, 0.1) is 0 Å². The molecule has 0 saturated heterocycles. The maximum Gasteiger partial charge on any atom is 0 e. The van der Waals surface area contributed by atoms with Crippen molar-refractivity contribution in [3.05, 3.63) is 0 Å². The second-order valence-corrected chi connectivity index (χ2v) is 0. The number of rotatable bonds is 0. The first-order chi connectivity index (χ1) is 0. The van der Waals surface area contributed by atoms with E-state index >= 15 is 0 Å². The third-order valence-corrected chi connectivity index (χ3v) is 0. The van der Waals surface area contributed by atoms with Crippen molar-refractivity contribution in [3.63, 3.8) is 0 Å². The number of hydrogen-bond donors (Lipinski definition) is 0. The van der Waals surface area contributed by atoms with Crippen LogP contribution in [0.3, 0.4) is 0 Å². The summed E-state index contributed by atoms with van der Waals surface area (Å²) in [5.41, 5.74) is 0. The van der Waals surface area contributed by atoms with Crippen molar-refractivity contribution in [1.82, 2.24) is 0 Å². The van der Waals surface area contributed by atoms with E-state index in [1.165, 1.54) is 0 Å². The fourth-order valence-corrected chi connectivity index (χ4v) is 0. The van der Waals surface area contributed by atoms with Crippen molar-refractivity contribution >= 4 is 0 Å². The third kappa shape index (κ3) is 223. The topological polar surface area (TPSA) is 218 Å². The Morgan fingerprint density at radius 2 is 0.300 bits per heavy atom. The Bertz CT molecular complexity index is 8.81. The molecule has 0 aromatic rings. The maximum absolute atomic E-state index is 0. The summed E-state index contributed by atoms with van der Waals surface area (Å²) in [7, 11) is 0. The summed E-state index contributed by atoms with van der Waals surface area (Å²) in [6.07, 6.45) is 0. The third-order valence-electron chi connectivity index (χ3n) is 0. The van der Waals surface area contributed by atoms with E-state index in [-0.39, 0.29) is 103 Å². The van der Waals surface area contributed by atoms with E-state index in [1.807, 2.05) is 0 Å². The molecule has 10 heavy (non-hydrogen) atoms. The smallest absolute Gasteiger partial charge is 0 e. The zero-order valence-corrected chi connectivity index (χ0v) is 9.58. The molecule has 0 aromatic heterocycles. The molecular formula is H12O7Ti3-2. The van der Waals surface area contributed by atoms with Crippen LogP contribution in [0.5, 0.6) is 0 Å². The average molecular weight is 268 g/mol. The first kappa shape index (κ1) is 403. The van der Waals surface area contributed by atoms with Gasteiger partial charge in [0.1, 0.15) is 0 Å². The molecule has 0 atom stereocenters. The van der Waals surface area contributed by atoms with Gasteiger partial charge in [-0.25, -0.2) is 0 Å². The Morgan fingerprint density at radius 1 is 0.300 bits per heavy atom. The van der Waals surface area contributed by atoms with Gasteiger partial charge in [-0.3, -0.25) is 0 Å². The summed E-state index contributed by atoms with van der Waals surface area (Å²) in [5, 5.41) is 0. The van der Waals surface area contributed by atoms with Gasteiger partial charge in [-0.2, -0.15) is 0 Å². The predicted molar refractivity (Wildman–Crippen MR) is 21.9 cm³/mol. The van der Waals surface area contributed by atoms with E-state index in [0.29, 0.717) is 0 Å². The SMILES string of the molecule is O.O.O.O.O.[OH-].[OH-].[Ti].[Ti].[Ti]. The molecule has 0 heterocycles. The van der Waals surface area contributed by atoms with E-state index in [1.54, 1.807) is 0 Å². The molecule has 0 rings (SSSR count). The van der Waals surface area contributed by atoms with E-state index in [9.17, 15) is 0 Å². The van der Waals surface area contributed by atoms with Gasteiger partial charge in [0.25, 0.3) is 0 Å². The van der Waals surface area contributed by atoms with Crippen LogP contribution in [0.2, 0.25) is 0 Å². The van der Waals surface area contributed by atoms with Gasteiger partial charge in [-0.05, 0) is 0 Å². The molecule has 0 fully saturated rings. The average Bonchev–Trinajstić information content (AvgIpc) is 0. The summed E-state index contributed by atoms with van der Waals surface area (Å²) < 4.78 is 0. The van der Waals surface area contributed by atoms with Crippen LogP contribution in [0.4, 0.5) is 0 Å². The zero-order valence-electron chi connectivity index (χ0n) is 4.89. The van der Waals surface area contributed by atoms with Gasteiger partial charge in [0.15, 0.2) is 0 Å². The Balaban J connectivity index is 0. The van der Waals surface area contributed by atoms with E-state index < -0.39 is 0 Å². The Hall–Kier alpha value is 1.86. The van der Waals surface area contributed by atoms with Crippen LogP contribution < -0.4 is 0 Å². The van der Waals surface area contributed by atoms with Crippen LogP contribution in [-0.2, 0) is 65.2 Å². The monoisotopic (exact) mass is 268 g/mol. The Kier molecular flexibility index (Phi) is 12300.